The van der Waals surface area contributed by atoms with Crippen LogP contribution in [0.2, 0.25) is 5.02 Å². The van der Waals surface area contributed by atoms with Gasteiger partial charge in [-0.3, -0.25) is 15.2 Å². The highest BCUT2D eigenvalue weighted by atomic mass is 35.5. The van der Waals surface area contributed by atoms with E-state index >= 15 is 0 Å². The molecule has 0 fully saturated rings. The number of esters is 1. The number of carbonyl (C=O) groups excluding carboxylic acids is 2. The van der Waals surface area contributed by atoms with Crippen LogP contribution in [0.3, 0.4) is 0 Å². The standard InChI is InChI=1S/C25H16ClN5O4S/c1-34-20-12-14(4-9-19(20)35-24(33)15-5-7-17(26)8-6-15)11-18-21(27)31-25(29-22(18)32)36-23(30-31)16-3-2-10-28-13-16/h2-13,27H,1H3/b18-11+,27-21?. The number of pyridine rings is 1. The number of aliphatic imine (C=N–C) groups is 1. The number of carbonyl (C=O) groups is 2. The van der Waals surface area contributed by atoms with Crippen LogP contribution in [0, 0.1) is 5.41 Å². The van der Waals surface area contributed by atoms with Crippen LogP contribution < -0.4 is 9.47 Å². The lowest BCUT2D eigenvalue weighted by atomic mass is 10.1. The first-order chi connectivity index (χ1) is 17.4. The van der Waals surface area contributed by atoms with Crippen molar-refractivity contribution in [2.24, 2.45) is 10.1 Å². The number of benzene rings is 2. The van der Waals surface area contributed by atoms with E-state index in [0.29, 0.717) is 26.4 Å². The molecule has 5 rings (SSSR count). The number of hydrogen-bond acceptors (Lipinski definition) is 8. The molecule has 1 N–H and O–H groups in total. The Kier molecular flexibility index (Phi) is 6.36. The molecule has 11 heteroatoms. The summed E-state index contributed by atoms with van der Waals surface area (Å²) < 4.78 is 10.8. The first-order valence-corrected chi connectivity index (χ1v) is 11.7. The molecule has 1 amide bonds. The summed E-state index contributed by atoms with van der Waals surface area (Å²) in [7, 11) is 1.44. The van der Waals surface area contributed by atoms with E-state index in [9.17, 15) is 9.59 Å². The number of thioether (sulfide) groups is 1. The molecule has 2 aliphatic heterocycles. The second kappa shape index (κ2) is 9.76. The van der Waals surface area contributed by atoms with Crippen molar-refractivity contribution in [2.75, 3.05) is 7.11 Å². The molecule has 2 aliphatic rings. The lowest BCUT2D eigenvalue weighted by molar-refractivity contribution is -0.114. The molecule has 0 spiro atoms. The van der Waals surface area contributed by atoms with Crippen molar-refractivity contribution in [3.05, 3.63) is 94.3 Å². The Morgan fingerprint density at radius 1 is 1.14 bits per heavy atom. The van der Waals surface area contributed by atoms with Crippen molar-refractivity contribution >= 4 is 57.4 Å². The number of hydrazone groups is 1. The maximum absolute atomic E-state index is 12.7. The molecular weight excluding hydrogens is 502 g/mol. The SMILES string of the molecule is COc1cc(/C=C2\C(=N)N3N=C(c4cccnc4)SC3=NC2=O)ccc1OC(=O)c1ccc(Cl)cc1. The summed E-state index contributed by atoms with van der Waals surface area (Å²) in [6, 6.07) is 14.7. The Morgan fingerprint density at radius 3 is 2.67 bits per heavy atom. The number of methoxy groups -OCH3 is 1. The van der Waals surface area contributed by atoms with E-state index in [1.165, 1.54) is 30.0 Å². The summed E-state index contributed by atoms with van der Waals surface area (Å²) >= 11 is 7.07. The molecule has 0 aliphatic carbocycles. The number of halogens is 1. The van der Waals surface area contributed by atoms with Crippen molar-refractivity contribution < 1.29 is 19.1 Å². The van der Waals surface area contributed by atoms with Gasteiger partial charge in [0.2, 0.25) is 5.17 Å². The normalized spacial score (nSPS) is 15.9. The zero-order chi connectivity index (χ0) is 25.2. The molecule has 178 valence electrons. The minimum Gasteiger partial charge on any atom is -0.493 e. The highest BCUT2D eigenvalue weighted by molar-refractivity contribution is 8.27. The third-order valence-electron chi connectivity index (χ3n) is 5.14. The van der Waals surface area contributed by atoms with E-state index in [0.717, 1.165) is 5.56 Å². The number of fused-ring (bicyclic) bond motifs is 1. The average Bonchev–Trinajstić information content (AvgIpc) is 3.32. The van der Waals surface area contributed by atoms with Gasteiger partial charge in [-0.05, 0) is 71.9 Å². The Labute approximate surface area is 214 Å². The Morgan fingerprint density at radius 2 is 1.94 bits per heavy atom. The molecule has 0 radical (unpaired) electrons. The van der Waals surface area contributed by atoms with Gasteiger partial charge in [-0.15, -0.1) is 0 Å². The van der Waals surface area contributed by atoms with Crippen molar-refractivity contribution in [1.82, 2.24) is 9.99 Å². The molecular formula is C25H16ClN5O4S. The first-order valence-electron chi connectivity index (χ1n) is 10.5. The Balaban J connectivity index is 1.39. The van der Waals surface area contributed by atoms with Crippen LogP contribution in [0.5, 0.6) is 11.5 Å². The van der Waals surface area contributed by atoms with E-state index in [4.69, 9.17) is 26.5 Å². The average molecular weight is 518 g/mol. The fraction of sp³-hybridized carbons (Fsp3) is 0.0400. The monoisotopic (exact) mass is 517 g/mol. The summed E-state index contributed by atoms with van der Waals surface area (Å²) in [6.07, 6.45) is 4.82. The van der Waals surface area contributed by atoms with Crippen molar-refractivity contribution in [3.8, 4) is 11.5 Å². The molecule has 36 heavy (non-hydrogen) atoms. The summed E-state index contributed by atoms with van der Waals surface area (Å²) in [5, 5.41) is 15.7. The van der Waals surface area contributed by atoms with Crippen LogP contribution in [-0.2, 0) is 4.79 Å². The first kappa shape index (κ1) is 23.5. The molecule has 0 saturated heterocycles. The highest BCUT2D eigenvalue weighted by Crippen LogP contribution is 2.33. The van der Waals surface area contributed by atoms with Crippen LogP contribution in [0.15, 0.2) is 82.7 Å². The van der Waals surface area contributed by atoms with Gasteiger partial charge in [-0.2, -0.15) is 15.1 Å². The number of hydrogen-bond donors (Lipinski definition) is 1. The smallest absolute Gasteiger partial charge is 0.343 e. The fourth-order valence-corrected chi connectivity index (χ4v) is 4.37. The third-order valence-corrected chi connectivity index (χ3v) is 6.35. The second-order valence-electron chi connectivity index (χ2n) is 7.47. The number of amides is 1. The number of rotatable bonds is 5. The van der Waals surface area contributed by atoms with Crippen molar-refractivity contribution in [1.29, 1.82) is 5.41 Å². The molecule has 0 saturated carbocycles. The van der Waals surface area contributed by atoms with Crippen molar-refractivity contribution in [2.45, 2.75) is 0 Å². The van der Waals surface area contributed by atoms with E-state index in [1.807, 2.05) is 6.07 Å². The Bertz CT molecular complexity index is 1490. The molecule has 0 bridgehead atoms. The molecule has 3 heterocycles. The summed E-state index contributed by atoms with van der Waals surface area (Å²) in [5.74, 6) is -0.756. The van der Waals surface area contributed by atoms with Crippen LogP contribution >= 0.6 is 23.4 Å². The van der Waals surface area contributed by atoms with E-state index in [1.54, 1.807) is 60.9 Å². The van der Waals surface area contributed by atoms with Crippen LogP contribution in [-0.4, -0.2) is 45.0 Å². The Hall–Kier alpha value is -4.28. The molecule has 3 aromatic rings. The lowest BCUT2D eigenvalue weighted by Crippen LogP contribution is -2.35. The highest BCUT2D eigenvalue weighted by Gasteiger charge is 2.36. The fourth-order valence-electron chi connectivity index (χ4n) is 3.37. The zero-order valence-electron chi connectivity index (χ0n) is 18.6. The molecule has 9 nitrogen and oxygen atoms in total. The van der Waals surface area contributed by atoms with Crippen LogP contribution in [0.4, 0.5) is 0 Å². The quantitative estimate of drug-likeness (QED) is 0.298. The van der Waals surface area contributed by atoms with Gasteiger partial charge in [0.15, 0.2) is 17.3 Å². The van der Waals surface area contributed by atoms with Crippen LogP contribution in [0.1, 0.15) is 21.5 Å². The molecule has 0 unspecified atom stereocenters. The number of nitrogens with one attached hydrogen (secondary N) is 1. The number of nitrogens with zero attached hydrogens (tertiary/aromatic N) is 4. The third kappa shape index (κ3) is 4.64. The second-order valence-corrected chi connectivity index (χ2v) is 8.87. The van der Waals surface area contributed by atoms with Gasteiger partial charge in [0, 0.05) is 23.0 Å². The van der Waals surface area contributed by atoms with Gasteiger partial charge in [0.1, 0.15) is 5.04 Å². The van der Waals surface area contributed by atoms with Gasteiger partial charge < -0.3 is 9.47 Å². The van der Waals surface area contributed by atoms with Crippen LogP contribution in [0.25, 0.3) is 6.08 Å². The number of ether oxygens (including phenoxy) is 2. The number of amidine groups is 2. The summed E-state index contributed by atoms with van der Waals surface area (Å²) in [5.41, 5.74) is 1.70. The maximum atomic E-state index is 12.7. The lowest BCUT2D eigenvalue weighted by Gasteiger charge is -2.20. The largest absolute Gasteiger partial charge is 0.493 e. The van der Waals surface area contributed by atoms with Gasteiger partial charge in [0.25, 0.3) is 5.91 Å². The maximum Gasteiger partial charge on any atom is 0.343 e. The molecule has 2 aromatic carbocycles. The summed E-state index contributed by atoms with van der Waals surface area (Å²) in [6.45, 7) is 0. The van der Waals surface area contributed by atoms with Gasteiger partial charge in [-0.25, -0.2) is 4.79 Å². The van der Waals surface area contributed by atoms with E-state index in [2.05, 4.69) is 15.1 Å². The minimum atomic E-state index is -0.573. The number of aromatic nitrogens is 1. The minimum absolute atomic E-state index is 0.0588. The van der Waals surface area contributed by atoms with Crippen molar-refractivity contribution in [3.63, 3.8) is 0 Å². The predicted octanol–water partition coefficient (Wildman–Crippen LogP) is 4.63. The summed E-state index contributed by atoms with van der Waals surface area (Å²) in [4.78, 5) is 33.4. The van der Waals surface area contributed by atoms with E-state index < -0.39 is 11.9 Å². The van der Waals surface area contributed by atoms with Gasteiger partial charge >= 0.3 is 5.97 Å². The zero-order valence-corrected chi connectivity index (χ0v) is 20.2. The molecule has 0 atom stereocenters. The van der Waals surface area contributed by atoms with Gasteiger partial charge in [0.05, 0.1) is 18.2 Å². The predicted molar refractivity (Wildman–Crippen MR) is 138 cm³/mol. The van der Waals surface area contributed by atoms with E-state index in [-0.39, 0.29) is 22.9 Å². The molecule has 1 aromatic heterocycles. The topological polar surface area (TPSA) is 117 Å². The van der Waals surface area contributed by atoms with Gasteiger partial charge in [-0.1, -0.05) is 17.7 Å².